The second-order valence-corrected chi connectivity index (χ2v) is 8.26. The molecule has 0 aliphatic carbocycles. The number of furan rings is 1. The Balaban J connectivity index is 1.82. The first kappa shape index (κ1) is 20.4. The topological polar surface area (TPSA) is 68.3 Å². The Hall–Kier alpha value is -2.89. The number of nitrogens with zero attached hydrogens (tertiary/aromatic N) is 3. The number of aryl methyl sites for hydroxylation is 1. The predicted molar refractivity (Wildman–Crippen MR) is 117 cm³/mol. The number of likely N-dealkylation sites (tertiary alicyclic amines) is 1. The minimum absolute atomic E-state index is 0.111. The summed E-state index contributed by atoms with van der Waals surface area (Å²) in [6.07, 6.45) is 4.78. The fraction of sp³-hybridized carbons (Fsp3) is 0.458. The summed E-state index contributed by atoms with van der Waals surface area (Å²) in [5.74, 6) is 1.63. The van der Waals surface area contributed by atoms with E-state index in [-0.39, 0.29) is 23.6 Å². The van der Waals surface area contributed by atoms with Gasteiger partial charge in [0.15, 0.2) is 5.69 Å². The van der Waals surface area contributed by atoms with Gasteiger partial charge < -0.3 is 9.32 Å². The molecule has 1 fully saturated rings. The molecule has 1 unspecified atom stereocenters. The Morgan fingerprint density at radius 2 is 1.90 bits per heavy atom. The summed E-state index contributed by atoms with van der Waals surface area (Å²) in [7, 11) is 0. The first-order valence-electron chi connectivity index (χ1n) is 10.9. The smallest absolute Gasteiger partial charge is 0.275 e. The van der Waals surface area contributed by atoms with E-state index in [2.05, 4.69) is 12.0 Å². The summed E-state index contributed by atoms with van der Waals surface area (Å²) in [5, 5.41) is 5.68. The lowest BCUT2D eigenvalue weighted by Gasteiger charge is -2.29. The highest BCUT2D eigenvalue weighted by Crippen LogP contribution is 2.33. The zero-order valence-corrected chi connectivity index (χ0v) is 17.9. The third-order valence-electron chi connectivity index (χ3n) is 5.89. The average Bonchev–Trinajstić information content (AvgIpc) is 3.10. The van der Waals surface area contributed by atoms with Gasteiger partial charge in [0.2, 0.25) is 0 Å². The maximum Gasteiger partial charge on any atom is 0.275 e. The highest BCUT2D eigenvalue weighted by Gasteiger charge is 2.32. The molecule has 0 spiro atoms. The molecule has 0 radical (unpaired) electrons. The number of carbonyl (C=O) groups excluding carboxylic acids is 1. The maximum absolute atomic E-state index is 13.8. The fourth-order valence-corrected chi connectivity index (χ4v) is 4.26. The van der Waals surface area contributed by atoms with Gasteiger partial charge in [0.25, 0.3) is 11.5 Å². The number of hydrogen-bond acceptors (Lipinski definition) is 4. The van der Waals surface area contributed by atoms with Crippen LogP contribution in [0.2, 0.25) is 0 Å². The van der Waals surface area contributed by atoms with Crippen LogP contribution in [0.4, 0.5) is 0 Å². The number of amides is 1. The minimum atomic E-state index is -0.164. The highest BCUT2D eigenvalue weighted by molar-refractivity contribution is 6.04. The zero-order valence-electron chi connectivity index (χ0n) is 17.9. The van der Waals surface area contributed by atoms with Crippen LogP contribution in [0.25, 0.3) is 10.8 Å². The van der Waals surface area contributed by atoms with Gasteiger partial charge in [0.05, 0.1) is 17.5 Å². The molecule has 1 atom stereocenters. The van der Waals surface area contributed by atoms with Gasteiger partial charge in [-0.15, -0.1) is 0 Å². The molecule has 1 saturated heterocycles. The number of benzene rings is 1. The molecule has 1 amide bonds. The highest BCUT2D eigenvalue weighted by atomic mass is 16.3. The minimum Gasteiger partial charge on any atom is -0.464 e. The Kier molecular flexibility index (Phi) is 5.75. The van der Waals surface area contributed by atoms with Crippen LogP contribution < -0.4 is 5.56 Å². The van der Waals surface area contributed by atoms with Gasteiger partial charge >= 0.3 is 0 Å². The van der Waals surface area contributed by atoms with Gasteiger partial charge in [-0.25, -0.2) is 4.68 Å². The molecule has 3 heterocycles. The molecule has 1 aliphatic heterocycles. The second kappa shape index (κ2) is 8.46. The van der Waals surface area contributed by atoms with E-state index in [1.807, 2.05) is 49.1 Å². The van der Waals surface area contributed by atoms with Crippen LogP contribution in [0.15, 0.2) is 45.6 Å². The lowest BCUT2D eigenvalue weighted by Crippen LogP contribution is -2.37. The van der Waals surface area contributed by atoms with Gasteiger partial charge in [0.1, 0.15) is 11.5 Å². The molecule has 3 aromatic rings. The van der Waals surface area contributed by atoms with Crippen LogP contribution in [0.1, 0.15) is 80.5 Å². The number of aromatic nitrogens is 2. The van der Waals surface area contributed by atoms with Crippen molar-refractivity contribution in [3.8, 4) is 0 Å². The number of carbonyl (C=O) groups is 1. The van der Waals surface area contributed by atoms with Crippen molar-refractivity contribution in [2.24, 2.45) is 0 Å². The first-order valence-corrected chi connectivity index (χ1v) is 10.9. The number of fused-ring (bicyclic) bond motifs is 1. The molecule has 0 saturated carbocycles. The summed E-state index contributed by atoms with van der Waals surface area (Å²) >= 11 is 0. The maximum atomic E-state index is 13.8. The number of rotatable bonds is 4. The Bertz CT molecular complexity index is 1110. The van der Waals surface area contributed by atoms with Crippen LogP contribution in [-0.4, -0.2) is 27.1 Å². The molecule has 6 nitrogen and oxygen atoms in total. The summed E-state index contributed by atoms with van der Waals surface area (Å²) in [6.45, 7) is 6.52. The van der Waals surface area contributed by atoms with E-state index in [1.54, 1.807) is 6.07 Å². The van der Waals surface area contributed by atoms with Crippen molar-refractivity contribution in [2.75, 3.05) is 6.54 Å². The van der Waals surface area contributed by atoms with Gasteiger partial charge in [-0.1, -0.05) is 38.0 Å². The van der Waals surface area contributed by atoms with Crippen molar-refractivity contribution in [1.29, 1.82) is 0 Å². The van der Waals surface area contributed by atoms with Crippen molar-refractivity contribution < 1.29 is 9.21 Å². The van der Waals surface area contributed by atoms with E-state index >= 15 is 0 Å². The fourth-order valence-electron chi connectivity index (χ4n) is 4.26. The van der Waals surface area contributed by atoms with Crippen molar-refractivity contribution in [2.45, 2.75) is 65.0 Å². The summed E-state index contributed by atoms with van der Waals surface area (Å²) in [5.41, 5.74) is 0.177. The largest absolute Gasteiger partial charge is 0.464 e. The first-order chi connectivity index (χ1) is 14.5. The molecule has 1 aromatic carbocycles. The second-order valence-electron chi connectivity index (χ2n) is 8.26. The van der Waals surface area contributed by atoms with Crippen LogP contribution in [0, 0.1) is 0 Å². The van der Waals surface area contributed by atoms with E-state index < -0.39 is 0 Å². The normalized spacial score (nSPS) is 17.5. The molecule has 4 rings (SSSR count). The van der Waals surface area contributed by atoms with E-state index in [1.165, 1.54) is 4.68 Å². The molecule has 158 valence electrons. The third-order valence-corrected chi connectivity index (χ3v) is 5.89. The zero-order chi connectivity index (χ0) is 21.3. The number of hydrogen-bond donors (Lipinski definition) is 0. The van der Waals surface area contributed by atoms with E-state index in [0.29, 0.717) is 23.0 Å². The molecular formula is C24H29N3O3. The molecule has 6 heteroatoms. The standard InChI is InChI=1S/C24H29N3O3/c1-4-17-13-14-21(30-17)20-12-6-5-9-15-26(20)24(29)22-18-10-7-8-11-19(18)23(28)27(25-22)16(2)3/h7-8,10-11,13-14,16,20H,4-6,9,12,15H2,1-3H3. The summed E-state index contributed by atoms with van der Waals surface area (Å²) in [6, 6.07) is 11.0. The third kappa shape index (κ3) is 3.66. The lowest BCUT2D eigenvalue weighted by atomic mass is 10.1. The monoisotopic (exact) mass is 407 g/mol. The quantitative estimate of drug-likeness (QED) is 0.617. The SMILES string of the molecule is CCc1ccc(C2CCCCCN2C(=O)c2nn(C(C)C)c(=O)c3ccccc23)o1. The molecule has 2 aromatic heterocycles. The molecule has 1 aliphatic rings. The van der Waals surface area contributed by atoms with Crippen molar-refractivity contribution in [1.82, 2.24) is 14.7 Å². The van der Waals surface area contributed by atoms with E-state index in [4.69, 9.17) is 4.42 Å². The van der Waals surface area contributed by atoms with Gasteiger partial charge in [-0.3, -0.25) is 9.59 Å². The lowest BCUT2D eigenvalue weighted by molar-refractivity contribution is 0.0650. The van der Waals surface area contributed by atoms with E-state index in [9.17, 15) is 9.59 Å². The average molecular weight is 408 g/mol. The van der Waals surface area contributed by atoms with Crippen LogP contribution in [-0.2, 0) is 6.42 Å². The molecule has 30 heavy (non-hydrogen) atoms. The van der Waals surface area contributed by atoms with Crippen molar-refractivity contribution in [3.05, 3.63) is 64.0 Å². The van der Waals surface area contributed by atoms with Crippen LogP contribution in [0.3, 0.4) is 0 Å². The van der Waals surface area contributed by atoms with Crippen LogP contribution >= 0.6 is 0 Å². The van der Waals surface area contributed by atoms with Gasteiger partial charge in [0, 0.05) is 18.4 Å². The summed E-state index contributed by atoms with van der Waals surface area (Å²) in [4.78, 5) is 28.6. The van der Waals surface area contributed by atoms with Crippen LogP contribution in [0.5, 0.6) is 0 Å². The van der Waals surface area contributed by atoms with Gasteiger partial charge in [-0.2, -0.15) is 5.10 Å². The molecule has 0 N–H and O–H groups in total. The summed E-state index contributed by atoms with van der Waals surface area (Å²) < 4.78 is 7.46. The Morgan fingerprint density at radius 3 is 2.60 bits per heavy atom. The Morgan fingerprint density at radius 1 is 1.13 bits per heavy atom. The van der Waals surface area contributed by atoms with Gasteiger partial charge in [-0.05, 0) is 44.9 Å². The molecule has 0 bridgehead atoms. The van der Waals surface area contributed by atoms with E-state index in [0.717, 1.165) is 43.6 Å². The van der Waals surface area contributed by atoms with Crippen molar-refractivity contribution >= 4 is 16.7 Å². The predicted octanol–water partition coefficient (Wildman–Crippen LogP) is 4.89. The Labute approximate surface area is 176 Å². The molecular weight excluding hydrogens is 378 g/mol. The van der Waals surface area contributed by atoms with Crippen molar-refractivity contribution in [3.63, 3.8) is 0 Å².